The molecule has 1 aromatic carbocycles. The molecule has 2 aromatic rings. The van der Waals surface area contributed by atoms with E-state index in [4.69, 9.17) is 9.52 Å². The molecule has 0 aliphatic rings. The summed E-state index contributed by atoms with van der Waals surface area (Å²) in [6, 6.07) is 4.11. The van der Waals surface area contributed by atoms with Crippen molar-refractivity contribution in [3.05, 3.63) is 53.7 Å². The highest BCUT2D eigenvalue weighted by Gasteiger charge is 2.27. The van der Waals surface area contributed by atoms with Crippen molar-refractivity contribution >= 4 is 16.0 Å². The number of carboxylic acid groups (broad SMARTS) is 1. The van der Waals surface area contributed by atoms with Crippen LogP contribution in [0.2, 0.25) is 0 Å². The lowest BCUT2D eigenvalue weighted by Crippen LogP contribution is -2.28. The molecule has 0 bridgehead atoms. The molecule has 0 saturated heterocycles. The molecule has 0 atom stereocenters. The third-order valence-corrected chi connectivity index (χ3v) is 4.69. The van der Waals surface area contributed by atoms with Gasteiger partial charge in [-0.05, 0) is 24.3 Å². The molecule has 112 valence electrons. The minimum Gasteiger partial charge on any atom is -0.478 e. The summed E-state index contributed by atoms with van der Waals surface area (Å²) in [7, 11) is -2.87. The van der Waals surface area contributed by atoms with E-state index in [9.17, 15) is 17.6 Å². The van der Waals surface area contributed by atoms with Crippen LogP contribution in [0, 0.1) is 5.82 Å². The molecule has 2 rings (SSSR count). The highest BCUT2D eigenvalue weighted by atomic mass is 32.2. The van der Waals surface area contributed by atoms with Crippen molar-refractivity contribution in [1.29, 1.82) is 0 Å². The molecule has 0 aliphatic heterocycles. The van der Waals surface area contributed by atoms with Gasteiger partial charge < -0.3 is 9.52 Å². The highest BCUT2D eigenvalue weighted by molar-refractivity contribution is 7.89. The summed E-state index contributed by atoms with van der Waals surface area (Å²) >= 11 is 0. The van der Waals surface area contributed by atoms with Gasteiger partial charge in [0, 0.05) is 19.2 Å². The molecule has 8 heteroatoms. The van der Waals surface area contributed by atoms with Crippen LogP contribution in [0.3, 0.4) is 0 Å². The Kier molecular flexibility index (Phi) is 4.10. The van der Waals surface area contributed by atoms with E-state index in [1.54, 1.807) is 6.07 Å². The maximum Gasteiger partial charge on any atom is 0.337 e. The van der Waals surface area contributed by atoms with Crippen LogP contribution in [0.5, 0.6) is 0 Å². The lowest BCUT2D eigenvalue weighted by Gasteiger charge is -2.17. The quantitative estimate of drug-likeness (QED) is 0.911. The molecular formula is C13H12FNO5S. The average Bonchev–Trinajstić information content (AvgIpc) is 2.91. The summed E-state index contributed by atoms with van der Waals surface area (Å²) in [5, 5.41) is 9.04. The van der Waals surface area contributed by atoms with Gasteiger partial charge in [0.05, 0.1) is 23.0 Å². The van der Waals surface area contributed by atoms with Gasteiger partial charge in [-0.3, -0.25) is 0 Å². The third kappa shape index (κ3) is 3.11. The SMILES string of the molecule is CN(Cc1ccoc1)S(=O)(=O)c1cc(F)ccc1C(=O)O. The van der Waals surface area contributed by atoms with Crippen LogP contribution in [0.1, 0.15) is 15.9 Å². The number of halogens is 1. The second-order valence-electron chi connectivity index (χ2n) is 4.34. The monoisotopic (exact) mass is 313 g/mol. The number of rotatable bonds is 5. The van der Waals surface area contributed by atoms with E-state index in [0.717, 1.165) is 16.4 Å². The van der Waals surface area contributed by atoms with Gasteiger partial charge in [0.15, 0.2) is 0 Å². The Balaban J connectivity index is 2.43. The number of carbonyl (C=O) groups is 1. The zero-order valence-electron chi connectivity index (χ0n) is 11.0. The van der Waals surface area contributed by atoms with E-state index in [-0.39, 0.29) is 6.54 Å². The van der Waals surface area contributed by atoms with Crippen LogP contribution in [-0.2, 0) is 16.6 Å². The molecule has 1 heterocycles. The van der Waals surface area contributed by atoms with Crippen LogP contribution in [0.15, 0.2) is 46.1 Å². The normalized spacial score (nSPS) is 11.8. The molecule has 0 saturated carbocycles. The molecule has 6 nitrogen and oxygen atoms in total. The Hall–Kier alpha value is -2.19. The molecule has 21 heavy (non-hydrogen) atoms. The Morgan fingerprint density at radius 2 is 2.10 bits per heavy atom. The number of benzene rings is 1. The van der Waals surface area contributed by atoms with E-state index in [0.29, 0.717) is 11.6 Å². The number of carboxylic acids is 1. The van der Waals surface area contributed by atoms with Crippen molar-refractivity contribution in [2.24, 2.45) is 0 Å². The van der Waals surface area contributed by atoms with Crippen LogP contribution in [-0.4, -0.2) is 30.8 Å². The molecule has 1 aromatic heterocycles. The summed E-state index contributed by atoms with van der Waals surface area (Å²) in [5.41, 5.74) is 0.116. The van der Waals surface area contributed by atoms with Crippen LogP contribution < -0.4 is 0 Å². The fraction of sp³-hybridized carbons (Fsp3) is 0.154. The highest BCUT2D eigenvalue weighted by Crippen LogP contribution is 2.22. The van der Waals surface area contributed by atoms with Gasteiger partial charge in [-0.2, -0.15) is 4.31 Å². The standard InChI is InChI=1S/C13H12FNO5S/c1-15(7-9-4-5-20-8-9)21(18,19)12-6-10(14)2-3-11(12)13(16)17/h2-6,8H,7H2,1H3,(H,16,17). The van der Waals surface area contributed by atoms with Crippen LogP contribution in [0.4, 0.5) is 4.39 Å². The minimum absolute atomic E-state index is 0.0194. The minimum atomic E-state index is -4.14. The molecule has 0 aliphatic carbocycles. The number of nitrogens with zero attached hydrogens (tertiary/aromatic N) is 1. The van der Waals surface area contributed by atoms with Crippen molar-refractivity contribution in [1.82, 2.24) is 4.31 Å². The first-order chi connectivity index (χ1) is 9.82. The number of hydrogen-bond acceptors (Lipinski definition) is 4. The van der Waals surface area contributed by atoms with E-state index in [2.05, 4.69) is 0 Å². The molecule has 0 spiro atoms. The Labute approximate surface area is 120 Å². The maximum atomic E-state index is 13.3. The number of hydrogen-bond donors (Lipinski definition) is 1. The van der Waals surface area contributed by atoms with Crippen LogP contribution >= 0.6 is 0 Å². The van der Waals surface area contributed by atoms with E-state index >= 15 is 0 Å². The molecule has 0 radical (unpaired) electrons. The fourth-order valence-electron chi connectivity index (χ4n) is 1.78. The van der Waals surface area contributed by atoms with Crippen molar-refractivity contribution in [2.45, 2.75) is 11.4 Å². The maximum absolute atomic E-state index is 13.3. The number of furan rings is 1. The first kappa shape index (κ1) is 15.2. The van der Waals surface area contributed by atoms with Crippen LogP contribution in [0.25, 0.3) is 0 Å². The van der Waals surface area contributed by atoms with E-state index in [1.807, 2.05) is 0 Å². The van der Waals surface area contributed by atoms with Gasteiger partial charge >= 0.3 is 5.97 Å². The first-order valence-electron chi connectivity index (χ1n) is 5.82. The molecule has 1 N–H and O–H groups in total. The van der Waals surface area contributed by atoms with E-state index < -0.39 is 32.3 Å². The molecule has 0 fully saturated rings. The van der Waals surface area contributed by atoms with Gasteiger partial charge in [-0.25, -0.2) is 17.6 Å². The molecular weight excluding hydrogens is 301 g/mol. The second-order valence-corrected chi connectivity index (χ2v) is 6.35. The lowest BCUT2D eigenvalue weighted by atomic mass is 10.2. The topological polar surface area (TPSA) is 87.8 Å². The summed E-state index contributed by atoms with van der Waals surface area (Å²) in [6.45, 7) is -0.0194. The van der Waals surface area contributed by atoms with Crippen molar-refractivity contribution < 1.29 is 27.1 Å². The summed E-state index contributed by atoms with van der Waals surface area (Å²) in [6.07, 6.45) is 2.76. The zero-order valence-corrected chi connectivity index (χ0v) is 11.8. The number of sulfonamides is 1. The fourth-order valence-corrected chi connectivity index (χ4v) is 3.13. The van der Waals surface area contributed by atoms with Gasteiger partial charge in [-0.1, -0.05) is 0 Å². The van der Waals surface area contributed by atoms with Crippen molar-refractivity contribution in [2.75, 3.05) is 7.05 Å². The zero-order chi connectivity index (χ0) is 15.6. The summed E-state index contributed by atoms with van der Waals surface area (Å²) < 4.78 is 43.9. The number of aromatic carboxylic acids is 1. The van der Waals surface area contributed by atoms with Gasteiger partial charge in [0.25, 0.3) is 0 Å². The van der Waals surface area contributed by atoms with Crippen molar-refractivity contribution in [3.8, 4) is 0 Å². The van der Waals surface area contributed by atoms with Crippen molar-refractivity contribution in [3.63, 3.8) is 0 Å². The average molecular weight is 313 g/mol. The largest absolute Gasteiger partial charge is 0.478 e. The predicted molar refractivity (Wildman–Crippen MR) is 70.7 cm³/mol. The predicted octanol–water partition coefficient (Wildman–Crippen LogP) is 1.94. The van der Waals surface area contributed by atoms with Gasteiger partial charge in [0.1, 0.15) is 5.82 Å². The third-order valence-electron chi connectivity index (χ3n) is 2.85. The lowest BCUT2D eigenvalue weighted by molar-refractivity contribution is 0.0692. The molecule has 0 unspecified atom stereocenters. The second kappa shape index (κ2) is 5.66. The molecule has 0 amide bonds. The summed E-state index contributed by atoms with van der Waals surface area (Å²) in [5.74, 6) is -2.26. The Morgan fingerprint density at radius 3 is 2.67 bits per heavy atom. The summed E-state index contributed by atoms with van der Waals surface area (Å²) in [4.78, 5) is 10.5. The smallest absolute Gasteiger partial charge is 0.337 e. The Morgan fingerprint density at radius 1 is 1.38 bits per heavy atom. The Bertz CT molecular complexity index is 755. The van der Waals surface area contributed by atoms with Gasteiger partial charge in [-0.15, -0.1) is 0 Å². The van der Waals surface area contributed by atoms with Gasteiger partial charge in [0.2, 0.25) is 10.0 Å². The first-order valence-corrected chi connectivity index (χ1v) is 7.26. The van der Waals surface area contributed by atoms with E-state index in [1.165, 1.54) is 19.6 Å².